The fraction of sp³-hybridized carbons (Fsp3) is 0.167. The van der Waals surface area contributed by atoms with E-state index in [1.807, 2.05) is 6.92 Å². The van der Waals surface area contributed by atoms with Gasteiger partial charge in [-0.15, -0.1) is 5.10 Å². The van der Waals surface area contributed by atoms with E-state index in [4.69, 9.17) is 23.2 Å². The third-order valence-electron chi connectivity index (χ3n) is 3.73. The van der Waals surface area contributed by atoms with Gasteiger partial charge in [-0.2, -0.15) is 0 Å². The maximum atomic E-state index is 13.8. The molecule has 0 bridgehead atoms. The number of nitrogens with one attached hydrogen (secondary N) is 2. The molecular formula is C18H15Cl2FN4OS. The van der Waals surface area contributed by atoms with Crippen molar-refractivity contribution in [2.45, 2.75) is 18.1 Å². The van der Waals surface area contributed by atoms with Gasteiger partial charge in [-0.25, -0.2) is 9.37 Å². The highest BCUT2D eigenvalue weighted by molar-refractivity contribution is 7.99. The van der Waals surface area contributed by atoms with Crippen LogP contribution in [0, 0.1) is 5.82 Å². The van der Waals surface area contributed by atoms with Gasteiger partial charge in [0.15, 0.2) is 5.82 Å². The summed E-state index contributed by atoms with van der Waals surface area (Å²) in [5.41, 5.74) is 1.10. The van der Waals surface area contributed by atoms with E-state index in [1.54, 1.807) is 36.4 Å². The summed E-state index contributed by atoms with van der Waals surface area (Å²) < 4.78 is 13.8. The van der Waals surface area contributed by atoms with E-state index in [0.29, 0.717) is 26.6 Å². The van der Waals surface area contributed by atoms with Crippen LogP contribution in [0.4, 0.5) is 4.39 Å². The molecule has 1 aromatic heterocycles. The minimum Gasteiger partial charge on any atom is -0.349 e. The van der Waals surface area contributed by atoms with Gasteiger partial charge in [0.25, 0.3) is 0 Å². The lowest BCUT2D eigenvalue weighted by Crippen LogP contribution is -2.28. The molecule has 0 radical (unpaired) electrons. The fourth-order valence-corrected chi connectivity index (χ4v) is 3.61. The van der Waals surface area contributed by atoms with Crippen LogP contribution in [0.25, 0.3) is 11.4 Å². The number of rotatable bonds is 6. The molecule has 27 heavy (non-hydrogen) atoms. The van der Waals surface area contributed by atoms with Crippen LogP contribution < -0.4 is 5.32 Å². The normalized spacial score (nSPS) is 12.0. The van der Waals surface area contributed by atoms with Crippen molar-refractivity contribution in [2.24, 2.45) is 0 Å². The minimum atomic E-state index is -0.392. The van der Waals surface area contributed by atoms with Gasteiger partial charge in [0.05, 0.1) is 17.4 Å². The number of benzene rings is 2. The first-order chi connectivity index (χ1) is 12.9. The second kappa shape index (κ2) is 8.73. The molecule has 9 heteroatoms. The van der Waals surface area contributed by atoms with Crippen molar-refractivity contribution in [2.75, 3.05) is 5.75 Å². The molecule has 0 aliphatic heterocycles. The minimum absolute atomic E-state index is 0.115. The summed E-state index contributed by atoms with van der Waals surface area (Å²) in [6.07, 6.45) is 0. The van der Waals surface area contributed by atoms with Crippen molar-refractivity contribution in [3.63, 3.8) is 0 Å². The zero-order valence-corrected chi connectivity index (χ0v) is 16.5. The van der Waals surface area contributed by atoms with Gasteiger partial charge in [0.2, 0.25) is 11.1 Å². The first-order valence-corrected chi connectivity index (χ1v) is 9.72. The summed E-state index contributed by atoms with van der Waals surface area (Å²) in [5, 5.41) is 10.9. The first-order valence-electron chi connectivity index (χ1n) is 7.98. The quantitative estimate of drug-likeness (QED) is 0.552. The Morgan fingerprint density at radius 1 is 1.30 bits per heavy atom. The summed E-state index contributed by atoms with van der Waals surface area (Å²) in [5.74, 6) is -0.158. The molecule has 0 aliphatic carbocycles. The van der Waals surface area contributed by atoms with E-state index in [-0.39, 0.29) is 17.7 Å². The highest BCUT2D eigenvalue weighted by Crippen LogP contribution is 2.26. The van der Waals surface area contributed by atoms with Gasteiger partial charge in [0, 0.05) is 10.0 Å². The summed E-state index contributed by atoms with van der Waals surface area (Å²) in [6, 6.07) is 11.1. The Morgan fingerprint density at radius 2 is 2.07 bits per heavy atom. The Bertz CT molecular complexity index is 966. The number of aromatic nitrogens is 3. The van der Waals surface area contributed by atoms with E-state index in [0.717, 1.165) is 17.3 Å². The maximum absolute atomic E-state index is 13.8. The van der Waals surface area contributed by atoms with Gasteiger partial charge in [0.1, 0.15) is 5.82 Å². The molecule has 2 aromatic carbocycles. The maximum Gasteiger partial charge on any atom is 0.230 e. The van der Waals surface area contributed by atoms with E-state index in [2.05, 4.69) is 20.5 Å². The van der Waals surface area contributed by atoms with Crippen LogP contribution in [0.2, 0.25) is 10.0 Å². The van der Waals surface area contributed by atoms with E-state index in [9.17, 15) is 9.18 Å². The number of carbonyl (C=O) groups excluding carboxylic acids is 1. The Labute approximate surface area is 169 Å². The molecule has 0 spiro atoms. The van der Waals surface area contributed by atoms with Crippen molar-refractivity contribution in [3.8, 4) is 11.4 Å². The molecule has 0 fully saturated rings. The molecule has 1 amide bonds. The second-order valence-corrected chi connectivity index (χ2v) is 7.48. The number of hydrogen-bond donors (Lipinski definition) is 2. The summed E-state index contributed by atoms with van der Waals surface area (Å²) >= 11 is 13.2. The topological polar surface area (TPSA) is 70.7 Å². The average Bonchev–Trinajstić information content (AvgIpc) is 3.09. The predicted molar refractivity (Wildman–Crippen MR) is 106 cm³/mol. The number of amides is 1. The molecule has 1 atom stereocenters. The number of nitrogens with zero attached hydrogens (tertiary/aromatic N) is 2. The smallest absolute Gasteiger partial charge is 0.230 e. The summed E-state index contributed by atoms with van der Waals surface area (Å²) in [6.45, 7) is 1.83. The molecule has 0 saturated heterocycles. The largest absolute Gasteiger partial charge is 0.349 e. The summed E-state index contributed by atoms with van der Waals surface area (Å²) in [7, 11) is 0. The van der Waals surface area contributed by atoms with Crippen molar-refractivity contribution in [1.82, 2.24) is 20.5 Å². The van der Waals surface area contributed by atoms with Crippen LogP contribution in [0.1, 0.15) is 18.5 Å². The molecule has 0 aliphatic rings. The first kappa shape index (κ1) is 19.7. The van der Waals surface area contributed by atoms with Crippen molar-refractivity contribution >= 4 is 40.9 Å². The van der Waals surface area contributed by atoms with E-state index < -0.39 is 5.82 Å². The monoisotopic (exact) mass is 424 g/mol. The highest BCUT2D eigenvalue weighted by Gasteiger charge is 2.15. The number of carbonyl (C=O) groups is 1. The van der Waals surface area contributed by atoms with Crippen molar-refractivity contribution in [1.29, 1.82) is 0 Å². The predicted octanol–water partition coefficient (Wildman–Crippen LogP) is 4.89. The third kappa shape index (κ3) is 5.00. The van der Waals surface area contributed by atoms with Crippen molar-refractivity contribution < 1.29 is 9.18 Å². The van der Waals surface area contributed by atoms with E-state index >= 15 is 0 Å². The van der Waals surface area contributed by atoms with Crippen LogP contribution in [-0.2, 0) is 4.79 Å². The standard InChI is InChI=1S/C18H15Cl2FN4OS/c1-10(12-7-6-11(19)8-14(12)20)22-16(26)9-27-18-23-17(24-25-18)13-4-2-3-5-15(13)21/h2-8,10H,9H2,1H3,(H,22,26)(H,23,24,25). The zero-order valence-electron chi connectivity index (χ0n) is 14.2. The number of thioether (sulfide) groups is 1. The number of H-pyrrole nitrogens is 1. The van der Waals surface area contributed by atoms with Crippen LogP contribution in [0.5, 0.6) is 0 Å². The highest BCUT2D eigenvalue weighted by atomic mass is 35.5. The lowest BCUT2D eigenvalue weighted by atomic mass is 10.1. The Kier molecular flexibility index (Phi) is 6.36. The van der Waals surface area contributed by atoms with Crippen LogP contribution in [0.15, 0.2) is 47.6 Å². The number of halogens is 3. The molecular weight excluding hydrogens is 410 g/mol. The molecule has 5 nitrogen and oxygen atoms in total. The molecule has 1 heterocycles. The number of aromatic amines is 1. The fourth-order valence-electron chi connectivity index (χ4n) is 2.43. The summed E-state index contributed by atoms with van der Waals surface area (Å²) in [4.78, 5) is 16.4. The molecule has 140 valence electrons. The van der Waals surface area contributed by atoms with Gasteiger partial charge < -0.3 is 5.32 Å². The van der Waals surface area contributed by atoms with Crippen LogP contribution in [0.3, 0.4) is 0 Å². The van der Waals surface area contributed by atoms with Gasteiger partial charge in [-0.05, 0) is 36.8 Å². The number of hydrogen-bond acceptors (Lipinski definition) is 4. The third-order valence-corrected chi connectivity index (χ3v) is 5.14. The average molecular weight is 425 g/mol. The molecule has 0 saturated carbocycles. The van der Waals surface area contributed by atoms with E-state index in [1.165, 1.54) is 6.07 Å². The zero-order chi connectivity index (χ0) is 19.4. The van der Waals surface area contributed by atoms with Gasteiger partial charge >= 0.3 is 0 Å². The lowest BCUT2D eigenvalue weighted by Gasteiger charge is -2.15. The Balaban J connectivity index is 1.57. The Morgan fingerprint density at radius 3 is 2.81 bits per heavy atom. The Hall–Kier alpha value is -2.09. The van der Waals surface area contributed by atoms with Crippen LogP contribution in [-0.4, -0.2) is 26.8 Å². The molecule has 3 rings (SSSR count). The SMILES string of the molecule is CC(NC(=O)CSc1n[nH]c(-c2ccccc2F)n1)c1ccc(Cl)cc1Cl. The van der Waals surface area contributed by atoms with Crippen molar-refractivity contribution in [3.05, 3.63) is 63.9 Å². The van der Waals surface area contributed by atoms with Crippen LogP contribution >= 0.6 is 35.0 Å². The molecule has 3 aromatic rings. The molecule has 2 N–H and O–H groups in total. The molecule has 1 unspecified atom stereocenters. The van der Waals surface area contributed by atoms with Gasteiger partial charge in [-0.1, -0.05) is 53.2 Å². The lowest BCUT2D eigenvalue weighted by molar-refractivity contribution is -0.119. The second-order valence-electron chi connectivity index (χ2n) is 5.69. The van der Waals surface area contributed by atoms with Gasteiger partial charge in [-0.3, -0.25) is 9.89 Å².